The summed E-state index contributed by atoms with van der Waals surface area (Å²) in [4.78, 5) is 20.3. The van der Waals surface area contributed by atoms with Gasteiger partial charge in [-0.25, -0.2) is 0 Å². The van der Waals surface area contributed by atoms with Crippen molar-refractivity contribution in [2.24, 2.45) is 5.92 Å². The summed E-state index contributed by atoms with van der Waals surface area (Å²) in [5.41, 5.74) is 1.75. The molecular formula is C30H39N3O2. The van der Waals surface area contributed by atoms with Crippen LogP contribution in [0.1, 0.15) is 49.7 Å². The van der Waals surface area contributed by atoms with Gasteiger partial charge in [0.25, 0.3) is 5.91 Å². The fraction of sp³-hybridized carbons (Fsp3) is 0.500. The third kappa shape index (κ3) is 4.64. The molecule has 1 aliphatic carbocycles. The Morgan fingerprint density at radius 1 is 1.00 bits per heavy atom. The summed E-state index contributed by atoms with van der Waals surface area (Å²) in [5, 5.41) is 13.2. The molecule has 0 radical (unpaired) electrons. The summed E-state index contributed by atoms with van der Waals surface area (Å²) >= 11 is 0. The van der Waals surface area contributed by atoms with Crippen LogP contribution in [-0.2, 0) is 16.8 Å². The Labute approximate surface area is 209 Å². The molecule has 2 fully saturated rings. The van der Waals surface area contributed by atoms with Gasteiger partial charge in [0.1, 0.15) is 0 Å². The lowest BCUT2D eigenvalue weighted by molar-refractivity contribution is -0.916. The minimum atomic E-state index is -1.40. The van der Waals surface area contributed by atoms with E-state index in [4.69, 9.17) is 0 Å². The third-order valence-electron chi connectivity index (χ3n) is 8.79. The van der Waals surface area contributed by atoms with Crippen LogP contribution in [0, 0.1) is 5.92 Å². The van der Waals surface area contributed by atoms with Crippen molar-refractivity contribution in [3.8, 4) is 0 Å². The van der Waals surface area contributed by atoms with Gasteiger partial charge in [0.15, 0.2) is 5.60 Å². The van der Waals surface area contributed by atoms with Crippen molar-refractivity contribution in [3.63, 3.8) is 0 Å². The Hall–Kier alpha value is -2.63. The van der Waals surface area contributed by atoms with Gasteiger partial charge in [-0.05, 0) is 23.8 Å². The average Bonchev–Trinajstić information content (AvgIpc) is 3.58. The van der Waals surface area contributed by atoms with Gasteiger partial charge in [-0.1, -0.05) is 73.0 Å². The largest absolute Gasteiger partial charge is 0.663 e. The number of fused-ring (bicyclic) bond motifs is 1. The topological polar surface area (TPSA) is 54.6 Å². The predicted molar refractivity (Wildman–Crippen MR) is 140 cm³/mol. The van der Waals surface area contributed by atoms with E-state index in [1.54, 1.807) is 0 Å². The normalized spacial score (nSPS) is 19.8. The zero-order valence-corrected chi connectivity index (χ0v) is 21.2. The van der Waals surface area contributed by atoms with Crippen LogP contribution in [0.25, 0.3) is 10.9 Å². The molecule has 186 valence electrons. The lowest BCUT2D eigenvalue weighted by Crippen LogP contribution is -2.58. The number of hydrogen-bond acceptors (Lipinski definition) is 2. The van der Waals surface area contributed by atoms with Crippen molar-refractivity contribution in [3.05, 3.63) is 71.9 Å². The Balaban J connectivity index is 1.24. The number of hydrogen-bond donors (Lipinski definition) is 1. The quantitative estimate of drug-likeness (QED) is 0.515. The number of quaternary nitrogens is 1. The van der Waals surface area contributed by atoms with E-state index in [1.807, 2.05) is 47.5 Å². The monoisotopic (exact) mass is 473 g/mol. The molecule has 3 aromatic rings. The van der Waals surface area contributed by atoms with Crippen LogP contribution in [-0.4, -0.2) is 60.2 Å². The first-order valence-corrected chi connectivity index (χ1v) is 13.3. The maximum Gasteiger partial charge on any atom is 0.259 e. The smallest absolute Gasteiger partial charge is 0.259 e. The molecule has 1 N–H and O–H groups in total. The number of amides is 1. The molecule has 1 saturated heterocycles. The van der Waals surface area contributed by atoms with Gasteiger partial charge in [0.2, 0.25) is 0 Å². The van der Waals surface area contributed by atoms with E-state index in [9.17, 15) is 9.90 Å². The number of rotatable bonds is 7. The highest BCUT2D eigenvalue weighted by molar-refractivity contribution is 5.87. The standard InChI is InChI=1S/C30H39N3O2/c1-33(2,21-18-23-22-31-28-15-9-8-14-27(23)28)26-16-19-32(20-17-26)29(34)30(35,25-12-6-7-13-25)24-10-4-3-5-11-24/h3-5,8-11,14-15,22,25-26,35H,6-7,12-13,16-21H2,1-2H3. The van der Waals surface area contributed by atoms with E-state index in [0.29, 0.717) is 19.1 Å². The summed E-state index contributed by atoms with van der Waals surface area (Å²) in [5.74, 6) is -0.0796. The fourth-order valence-corrected chi connectivity index (χ4v) is 6.44. The van der Waals surface area contributed by atoms with E-state index < -0.39 is 5.60 Å². The first-order valence-electron chi connectivity index (χ1n) is 13.3. The summed E-state index contributed by atoms with van der Waals surface area (Å²) < 4.78 is 0.938. The number of nitrogens with zero attached hydrogens (tertiary/aromatic N) is 3. The molecule has 0 spiro atoms. The lowest BCUT2D eigenvalue weighted by Gasteiger charge is -2.45. The SMILES string of the molecule is C[N+](C)(CCc1c[n-]c2ccccc12)C1CCN(C(=O)C(O)(c2ccccc2)C2CCCC2)CC1. The Morgan fingerprint density at radius 3 is 2.37 bits per heavy atom. The summed E-state index contributed by atoms with van der Waals surface area (Å²) in [7, 11) is 4.64. The highest BCUT2D eigenvalue weighted by Gasteiger charge is 2.49. The van der Waals surface area contributed by atoms with E-state index in [-0.39, 0.29) is 11.8 Å². The summed E-state index contributed by atoms with van der Waals surface area (Å²) in [6.07, 6.45) is 8.99. The van der Waals surface area contributed by atoms with Crippen LogP contribution in [0.15, 0.2) is 60.8 Å². The molecule has 2 aromatic carbocycles. The number of piperidine rings is 1. The van der Waals surface area contributed by atoms with Gasteiger partial charge < -0.3 is 19.5 Å². The molecule has 2 aliphatic rings. The molecule has 1 unspecified atom stereocenters. The highest BCUT2D eigenvalue weighted by atomic mass is 16.3. The van der Waals surface area contributed by atoms with Crippen molar-refractivity contribution in [2.45, 2.75) is 56.6 Å². The van der Waals surface area contributed by atoms with Crippen molar-refractivity contribution in [2.75, 3.05) is 33.7 Å². The van der Waals surface area contributed by atoms with Gasteiger partial charge in [-0.15, -0.1) is 5.52 Å². The van der Waals surface area contributed by atoms with Crippen molar-refractivity contribution < 1.29 is 14.4 Å². The van der Waals surface area contributed by atoms with Gasteiger partial charge >= 0.3 is 0 Å². The minimum Gasteiger partial charge on any atom is -0.663 e. The van der Waals surface area contributed by atoms with Crippen LogP contribution >= 0.6 is 0 Å². The molecule has 1 aliphatic heterocycles. The first kappa shape index (κ1) is 24.1. The van der Waals surface area contributed by atoms with E-state index in [1.165, 1.54) is 10.9 Å². The molecular weight excluding hydrogens is 434 g/mol. The second-order valence-electron chi connectivity index (χ2n) is 11.2. The second-order valence-corrected chi connectivity index (χ2v) is 11.2. The zero-order valence-electron chi connectivity index (χ0n) is 21.2. The fourth-order valence-electron chi connectivity index (χ4n) is 6.44. The molecule has 0 bridgehead atoms. The second kappa shape index (κ2) is 9.79. The van der Waals surface area contributed by atoms with Crippen LogP contribution in [0.4, 0.5) is 0 Å². The van der Waals surface area contributed by atoms with Crippen LogP contribution < -0.4 is 4.98 Å². The number of likely N-dealkylation sites (tertiary alicyclic amines) is 1. The zero-order chi connectivity index (χ0) is 24.5. The maximum atomic E-state index is 13.8. The number of aromatic nitrogens is 1. The molecule has 1 atom stereocenters. The molecule has 1 saturated carbocycles. The highest BCUT2D eigenvalue weighted by Crippen LogP contribution is 2.42. The molecule has 2 heterocycles. The number of carbonyl (C=O) groups excluding carboxylic acids is 1. The van der Waals surface area contributed by atoms with E-state index in [2.05, 4.69) is 37.3 Å². The molecule has 5 nitrogen and oxygen atoms in total. The van der Waals surface area contributed by atoms with Gasteiger partial charge in [0, 0.05) is 38.3 Å². The maximum absolute atomic E-state index is 13.8. The molecule has 1 amide bonds. The van der Waals surface area contributed by atoms with Crippen molar-refractivity contribution in [1.82, 2.24) is 9.88 Å². The van der Waals surface area contributed by atoms with Crippen LogP contribution in [0.3, 0.4) is 0 Å². The third-order valence-corrected chi connectivity index (χ3v) is 8.79. The summed E-state index contributed by atoms with van der Waals surface area (Å²) in [6.45, 7) is 2.48. The Morgan fingerprint density at radius 2 is 1.66 bits per heavy atom. The number of benzene rings is 2. The summed E-state index contributed by atoms with van der Waals surface area (Å²) in [6, 6.07) is 18.5. The van der Waals surface area contributed by atoms with Crippen molar-refractivity contribution in [1.29, 1.82) is 0 Å². The number of carbonyl (C=O) groups is 1. The number of aliphatic hydroxyl groups is 1. The van der Waals surface area contributed by atoms with Crippen LogP contribution in [0.2, 0.25) is 0 Å². The minimum absolute atomic E-state index is 0.00956. The van der Waals surface area contributed by atoms with Crippen molar-refractivity contribution >= 4 is 16.8 Å². The number of para-hydroxylation sites is 1. The van der Waals surface area contributed by atoms with E-state index >= 15 is 0 Å². The number of likely N-dealkylation sites (N-methyl/N-ethyl adjacent to an activating group) is 1. The Bertz CT molecular complexity index is 1140. The molecule has 5 heteroatoms. The van der Waals surface area contributed by atoms with Gasteiger partial charge in [0.05, 0.1) is 26.7 Å². The predicted octanol–water partition coefficient (Wildman–Crippen LogP) is 4.48. The van der Waals surface area contributed by atoms with E-state index in [0.717, 1.165) is 67.1 Å². The molecule has 1 aromatic heterocycles. The van der Waals surface area contributed by atoms with Crippen LogP contribution in [0.5, 0.6) is 0 Å². The Kier molecular flexibility index (Phi) is 6.73. The molecule has 35 heavy (non-hydrogen) atoms. The first-order chi connectivity index (χ1) is 16.9. The average molecular weight is 474 g/mol. The molecule has 5 rings (SSSR count). The van der Waals surface area contributed by atoms with Gasteiger partial charge in [-0.3, -0.25) is 4.79 Å². The van der Waals surface area contributed by atoms with Gasteiger partial charge in [-0.2, -0.15) is 6.20 Å². The lowest BCUT2D eigenvalue weighted by atomic mass is 9.78.